The molecule has 0 bridgehead atoms. The molecule has 3 rings (SSSR count). The van der Waals surface area contributed by atoms with Crippen LogP contribution < -0.4 is 5.73 Å². The highest BCUT2D eigenvalue weighted by Crippen LogP contribution is 2.39. The molecule has 5 heteroatoms. The van der Waals surface area contributed by atoms with E-state index in [0.717, 1.165) is 22.9 Å². The van der Waals surface area contributed by atoms with Crippen molar-refractivity contribution in [1.29, 1.82) is 0 Å². The number of halogens is 1. The number of fused-ring (bicyclic) bond motifs is 1. The van der Waals surface area contributed by atoms with Crippen LogP contribution in [0.25, 0.3) is 10.1 Å². The molecule has 2 unspecified atom stereocenters. The second-order valence-corrected chi connectivity index (χ2v) is 7.26. The molecule has 1 aliphatic rings. The van der Waals surface area contributed by atoms with Crippen LogP contribution in [-0.4, -0.2) is 22.9 Å². The largest absolute Gasteiger partial charge is 0.397 e. The predicted molar refractivity (Wildman–Crippen MR) is 90.2 cm³/mol. The highest BCUT2D eigenvalue weighted by atomic mass is 35.5. The first-order chi connectivity index (χ1) is 10.0. The summed E-state index contributed by atoms with van der Waals surface area (Å²) in [7, 11) is 0. The fourth-order valence-electron chi connectivity index (χ4n) is 3.23. The van der Waals surface area contributed by atoms with Crippen LogP contribution in [0.15, 0.2) is 18.2 Å². The molecule has 1 fully saturated rings. The lowest BCUT2D eigenvalue weighted by Gasteiger charge is -2.38. The number of thiophene rings is 1. The number of piperidine rings is 1. The van der Waals surface area contributed by atoms with Gasteiger partial charge in [-0.3, -0.25) is 4.79 Å². The molecule has 2 atom stereocenters. The van der Waals surface area contributed by atoms with Gasteiger partial charge in [-0.1, -0.05) is 17.7 Å². The molecule has 112 valence electrons. The lowest BCUT2D eigenvalue weighted by molar-refractivity contribution is 0.0517. The number of nitrogens with zero attached hydrogens (tertiary/aromatic N) is 1. The molecular weight excluding hydrogens is 304 g/mol. The van der Waals surface area contributed by atoms with Crippen molar-refractivity contribution >= 4 is 44.6 Å². The molecular formula is C16H19ClN2OS. The standard InChI is InChI=1S/C16H19ClN2OS/c1-9-5-3-6-10(2)19(9)16(20)15-14(18)13-11(17)7-4-8-12(13)21-15/h4,7-10H,3,5-6,18H2,1-2H3. The molecule has 1 amide bonds. The molecule has 0 radical (unpaired) electrons. The van der Waals surface area contributed by atoms with Crippen LogP contribution in [0.5, 0.6) is 0 Å². The summed E-state index contributed by atoms with van der Waals surface area (Å²) in [6.07, 6.45) is 3.29. The van der Waals surface area contributed by atoms with E-state index in [0.29, 0.717) is 15.6 Å². The fraction of sp³-hybridized carbons (Fsp3) is 0.438. The summed E-state index contributed by atoms with van der Waals surface area (Å²) < 4.78 is 0.973. The lowest BCUT2D eigenvalue weighted by Crippen LogP contribution is -2.47. The number of nitrogen functional groups attached to an aromatic ring is 1. The Labute approximate surface area is 133 Å². The van der Waals surface area contributed by atoms with Gasteiger partial charge in [0.2, 0.25) is 0 Å². The molecule has 2 heterocycles. The van der Waals surface area contributed by atoms with Gasteiger partial charge >= 0.3 is 0 Å². The van der Waals surface area contributed by atoms with Crippen molar-refractivity contribution in [1.82, 2.24) is 4.90 Å². The maximum absolute atomic E-state index is 12.9. The van der Waals surface area contributed by atoms with Crippen molar-refractivity contribution in [2.75, 3.05) is 5.73 Å². The van der Waals surface area contributed by atoms with Gasteiger partial charge in [0.25, 0.3) is 5.91 Å². The average molecular weight is 323 g/mol. The van der Waals surface area contributed by atoms with Crippen LogP contribution in [0.3, 0.4) is 0 Å². The Morgan fingerprint density at radius 1 is 1.33 bits per heavy atom. The van der Waals surface area contributed by atoms with Crippen molar-refractivity contribution in [3.8, 4) is 0 Å². The van der Waals surface area contributed by atoms with Crippen molar-refractivity contribution in [3.05, 3.63) is 28.1 Å². The van der Waals surface area contributed by atoms with Crippen molar-refractivity contribution in [2.45, 2.75) is 45.2 Å². The molecule has 1 aliphatic heterocycles. The van der Waals surface area contributed by atoms with E-state index in [2.05, 4.69) is 13.8 Å². The maximum Gasteiger partial charge on any atom is 0.266 e. The summed E-state index contributed by atoms with van der Waals surface area (Å²) in [5.41, 5.74) is 6.74. The molecule has 2 N–H and O–H groups in total. The van der Waals surface area contributed by atoms with Gasteiger partial charge < -0.3 is 10.6 Å². The first kappa shape index (κ1) is 14.7. The van der Waals surface area contributed by atoms with Gasteiger partial charge in [-0.2, -0.15) is 0 Å². The number of hydrogen-bond donors (Lipinski definition) is 1. The van der Waals surface area contributed by atoms with E-state index in [4.69, 9.17) is 17.3 Å². The quantitative estimate of drug-likeness (QED) is 0.837. The molecule has 3 nitrogen and oxygen atoms in total. The Morgan fingerprint density at radius 3 is 2.62 bits per heavy atom. The summed E-state index contributed by atoms with van der Waals surface area (Å²) in [6.45, 7) is 4.23. The Bertz CT molecular complexity index is 687. The number of carbonyl (C=O) groups excluding carboxylic acids is 1. The van der Waals surface area contributed by atoms with Gasteiger partial charge in [0, 0.05) is 22.2 Å². The molecule has 0 spiro atoms. The van der Waals surface area contributed by atoms with Gasteiger partial charge in [-0.25, -0.2) is 0 Å². The Kier molecular flexibility index (Phi) is 3.84. The maximum atomic E-state index is 12.9. The molecule has 21 heavy (non-hydrogen) atoms. The first-order valence-electron chi connectivity index (χ1n) is 7.30. The van der Waals surface area contributed by atoms with E-state index in [9.17, 15) is 4.79 Å². The molecule has 1 aromatic heterocycles. The minimum absolute atomic E-state index is 0.0458. The topological polar surface area (TPSA) is 46.3 Å². The third-order valence-corrected chi connectivity index (χ3v) is 5.80. The average Bonchev–Trinajstić information content (AvgIpc) is 2.77. The van der Waals surface area contributed by atoms with Crippen LogP contribution in [0.1, 0.15) is 42.8 Å². The number of nitrogens with two attached hydrogens (primary N) is 1. The van der Waals surface area contributed by atoms with Gasteiger partial charge in [0.15, 0.2) is 0 Å². The molecule has 0 aliphatic carbocycles. The number of carbonyl (C=O) groups is 1. The molecule has 1 saturated heterocycles. The molecule has 0 saturated carbocycles. The summed E-state index contributed by atoms with van der Waals surface area (Å²) in [5.74, 6) is 0.0458. The number of amides is 1. The summed E-state index contributed by atoms with van der Waals surface area (Å²) in [4.78, 5) is 15.5. The zero-order valence-electron chi connectivity index (χ0n) is 12.2. The SMILES string of the molecule is CC1CCCC(C)N1C(=O)c1sc2cccc(Cl)c2c1N. The lowest BCUT2D eigenvalue weighted by atomic mass is 9.97. The highest BCUT2D eigenvalue weighted by Gasteiger charge is 2.32. The van der Waals surface area contributed by atoms with E-state index in [1.54, 1.807) is 0 Å². The van der Waals surface area contributed by atoms with E-state index < -0.39 is 0 Å². The van der Waals surface area contributed by atoms with Gasteiger partial charge in [0.1, 0.15) is 4.88 Å². The van der Waals surface area contributed by atoms with Crippen molar-refractivity contribution in [2.24, 2.45) is 0 Å². The third kappa shape index (κ3) is 2.40. The predicted octanol–water partition coefficient (Wildman–Crippen LogP) is 4.54. The monoisotopic (exact) mass is 322 g/mol. The van der Waals surface area contributed by atoms with Gasteiger partial charge in [-0.15, -0.1) is 11.3 Å². The van der Waals surface area contributed by atoms with E-state index >= 15 is 0 Å². The second-order valence-electron chi connectivity index (χ2n) is 5.80. The zero-order valence-corrected chi connectivity index (χ0v) is 13.8. The van der Waals surface area contributed by atoms with E-state index in [1.807, 2.05) is 23.1 Å². The summed E-state index contributed by atoms with van der Waals surface area (Å²) in [5, 5.41) is 1.42. The van der Waals surface area contributed by atoms with Crippen molar-refractivity contribution in [3.63, 3.8) is 0 Å². The first-order valence-corrected chi connectivity index (χ1v) is 8.49. The second kappa shape index (κ2) is 5.50. The number of rotatable bonds is 1. The summed E-state index contributed by atoms with van der Waals surface area (Å²) >= 11 is 7.67. The van der Waals surface area contributed by atoms with Crippen LogP contribution in [0.4, 0.5) is 5.69 Å². The fourth-order valence-corrected chi connectivity index (χ4v) is 4.65. The van der Waals surface area contributed by atoms with Crippen LogP contribution in [0.2, 0.25) is 5.02 Å². The number of anilines is 1. The smallest absolute Gasteiger partial charge is 0.266 e. The highest BCUT2D eigenvalue weighted by molar-refractivity contribution is 7.21. The minimum atomic E-state index is 0.0458. The van der Waals surface area contributed by atoms with Gasteiger partial charge in [0.05, 0.1) is 10.7 Å². The summed E-state index contributed by atoms with van der Waals surface area (Å²) in [6, 6.07) is 6.19. The van der Waals surface area contributed by atoms with E-state index in [1.165, 1.54) is 17.8 Å². The van der Waals surface area contributed by atoms with E-state index in [-0.39, 0.29) is 18.0 Å². The van der Waals surface area contributed by atoms with Gasteiger partial charge in [-0.05, 0) is 45.2 Å². The molecule has 2 aromatic rings. The third-order valence-electron chi connectivity index (χ3n) is 4.32. The Morgan fingerprint density at radius 2 is 2.00 bits per heavy atom. The Hall–Kier alpha value is -1.26. The van der Waals surface area contributed by atoms with Crippen LogP contribution >= 0.6 is 22.9 Å². The number of likely N-dealkylation sites (tertiary alicyclic amines) is 1. The minimum Gasteiger partial charge on any atom is -0.397 e. The number of benzene rings is 1. The number of hydrogen-bond acceptors (Lipinski definition) is 3. The zero-order chi connectivity index (χ0) is 15.1. The Balaban J connectivity index is 2.05. The van der Waals surface area contributed by atoms with Crippen LogP contribution in [0, 0.1) is 0 Å². The normalized spacial score (nSPS) is 22.7. The van der Waals surface area contributed by atoms with Crippen LogP contribution in [-0.2, 0) is 0 Å². The van der Waals surface area contributed by atoms with Crippen molar-refractivity contribution < 1.29 is 4.79 Å². The molecule has 1 aromatic carbocycles.